The number of hydrogen-bond donors (Lipinski definition) is 1. The Morgan fingerprint density at radius 1 is 1.25 bits per heavy atom. The maximum Gasteiger partial charge on any atom is 0.164 e. The zero-order valence-electron chi connectivity index (χ0n) is 12.9. The first-order chi connectivity index (χ1) is 9.56. The summed E-state index contributed by atoms with van der Waals surface area (Å²) in [4.78, 5) is 4.64. The van der Waals surface area contributed by atoms with Gasteiger partial charge in [-0.1, -0.05) is 0 Å². The van der Waals surface area contributed by atoms with E-state index in [9.17, 15) is 0 Å². The van der Waals surface area contributed by atoms with E-state index >= 15 is 0 Å². The van der Waals surface area contributed by atoms with Gasteiger partial charge in [-0.05, 0) is 26.1 Å². The van der Waals surface area contributed by atoms with Gasteiger partial charge in [-0.15, -0.1) is 0 Å². The summed E-state index contributed by atoms with van der Waals surface area (Å²) in [5.41, 5.74) is 9.37. The van der Waals surface area contributed by atoms with Crippen molar-refractivity contribution in [2.75, 3.05) is 53.7 Å². The number of rotatable bonds is 5. The number of nitrogen functional groups attached to an aromatic ring is 1. The van der Waals surface area contributed by atoms with Gasteiger partial charge in [0.1, 0.15) is 0 Å². The van der Waals surface area contributed by atoms with Crippen LogP contribution in [0.15, 0.2) is 6.07 Å². The Balaban J connectivity index is 2.24. The maximum atomic E-state index is 6.19. The normalized spacial score (nSPS) is 15.2. The van der Waals surface area contributed by atoms with Crippen LogP contribution >= 0.6 is 0 Å². The van der Waals surface area contributed by atoms with Crippen LogP contribution in [0.4, 0.5) is 5.69 Å². The summed E-state index contributed by atoms with van der Waals surface area (Å²) < 4.78 is 10.9. The number of hydrogen-bond acceptors (Lipinski definition) is 5. The number of benzene rings is 1. The molecule has 2 rings (SSSR count). The van der Waals surface area contributed by atoms with E-state index in [-0.39, 0.29) is 0 Å². The Morgan fingerprint density at radius 3 is 2.60 bits per heavy atom. The second-order valence-corrected chi connectivity index (χ2v) is 5.49. The van der Waals surface area contributed by atoms with Gasteiger partial charge < -0.3 is 20.1 Å². The fourth-order valence-electron chi connectivity index (χ4n) is 2.69. The van der Waals surface area contributed by atoms with E-state index in [0.29, 0.717) is 0 Å². The highest BCUT2D eigenvalue weighted by Gasteiger charge is 2.24. The lowest BCUT2D eigenvalue weighted by molar-refractivity contribution is 0.223. The number of anilines is 1. The highest BCUT2D eigenvalue weighted by Crippen LogP contribution is 2.39. The van der Waals surface area contributed by atoms with Crippen LogP contribution in [-0.2, 0) is 13.0 Å². The van der Waals surface area contributed by atoms with Crippen LogP contribution in [0.3, 0.4) is 0 Å². The third-order valence-electron chi connectivity index (χ3n) is 3.84. The molecule has 5 heteroatoms. The first-order valence-corrected chi connectivity index (χ1v) is 6.96. The van der Waals surface area contributed by atoms with Crippen LogP contribution in [-0.4, -0.2) is 57.7 Å². The van der Waals surface area contributed by atoms with Crippen molar-refractivity contribution in [1.82, 2.24) is 9.80 Å². The van der Waals surface area contributed by atoms with Gasteiger partial charge in [0, 0.05) is 43.5 Å². The van der Waals surface area contributed by atoms with Crippen LogP contribution < -0.4 is 15.2 Å². The predicted molar refractivity (Wildman–Crippen MR) is 81.5 cm³/mol. The molecule has 1 aromatic carbocycles. The Labute approximate surface area is 121 Å². The van der Waals surface area contributed by atoms with Crippen LogP contribution in [0.25, 0.3) is 0 Å². The molecule has 0 radical (unpaired) electrons. The molecule has 0 spiro atoms. The fourth-order valence-corrected chi connectivity index (χ4v) is 2.69. The highest BCUT2D eigenvalue weighted by atomic mass is 16.5. The molecule has 0 aromatic heterocycles. The van der Waals surface area contributed by atoms with E-state index in [1.54, 1.807) is 14.2 Å². The zero-order chi connectivity index (χ0) is 14.7. The monoisotopic (exact) mass is 279 g/mol. The second-order valence-electron chi connectivity index (χ2n) is 5.49. The number of fused-ring (bicyclic) bond motifs is 1. The van der Waals surface area contributed by atoms with Gasteiger partial charge >= 0.3 is 0 Å². The number of nitrogens with zero attached hydrogens (tertiary/aromatic N) is 2. The van der Waals surface area contributed by atoms with E-state index in [2.05, 4.69) is 23.9 Å². The minimum atomic E-state index is 0.727. The lowest BCUT2D eigenvalue weighted by Crippen LogP contribution is -2.36. The molecule has 0 amide bonds. The Kier molecular flexibility index (Phi) is 4.73. The highest BCUT2D eigenvalue weighted by molar-refractivity contribution is 5.64. The van der Waals surface area contributed by atoms with Crippen molar-refractivity contribution in [1.29, 1.82) is 0 Å². The van der Waals surface area contributed by atoms with E-state index in [1.807, 2.05) is 6.07 Å². The van der Waals surface area contributed by atoms with Gasteiger partial charge in [0.25, 0.3) is 0 Å². The van der Waals surface area contributed by atoms with Crippen molar-refractivity contribution in [2.45, 2.75) is 13.0 Å². The smallest absolute Gasteiger partial charge is 0.164 e. The minimum Gasteiger partial charge on any atom is -0.493 e. The average Bonchev–Trinajstić information content (AvgIpc) is 2.45. The van der Waals surface area contributed by atoms with Gasteiger partial charge in [-0.2, -0.15) is 0 Å². The van der Waals surface area contributed by atoms with E-state index in [0.717, 1.165) is 49.8 Å². The lowest BCUT2D eigenvalue weighted by atomic mass is 9.96. The molecule has 112 valence electrons. The molecule has 0 unspecified atom stereocenters. The molecule has 0 bridgehead atoms. The van der Waals surface area contributed by atoms with E-state index in [1.165, 1.54) is 11.1 Å². The van der Waals surface area contributed by atoms with Crippen LogP contribution in [0.2, 0.25) is 0 Å². The maximum absolute atomic E-state index is 6.19. The van der Waals surface area contributed by atoms with Crippen molar-refractivity contribution in [3.05, 3.63) is 17.2 Å². The number of methoxy groups -OCH3 is 2. The second kappa shape index (κ2) is 6.33. The average molecular weight is 279 g/mol. The van der Waals surface area contributed by atoms with Gasteiger partial charge in [0.2, 0.25) is 0 Å². The van der Waals surface area contributed by atoms with E-state index in [4.69, 9.17) is 15.2 Å². The molecular formula is C15H25N3O2. The molecule has 1 aliphatic heterocycles. The molecule has 0 atom stereocenters. The molecule has 0 saturated carbocycles. The summed E-state index contributed by atoms with van der Waals surface area (Å²) in [7, 11) is 7.53. The van der Waals surface area contributed by atoms with Gasteiger partial charge in [0.15, 0.2) is 11.5 Å². The largest absolute Gasteiger partial charge is 0.493 e. The van der Waals surface area contributed by atoms with Crippen LogP contribution in [0, 0.1) is 0 Å². The fraction of sp³-hybridized carbons (Fsp3) is 0.600. The summed E-state index contributed by atoms with van der Waals surface area (Å²) in [6.45, 7) is 4.03. The van der Waals surface area contributed by atoms with Crippen molar-refractivity contribution < 1.29 is 9.47 Å². The molecule has 1 aliphatic rings. The molecule has 0 aliphatic carbocycles. The Hall–Kier alpha value is -1.46. The molecule has 0 saturated heterocycles. The zero-order valence-corrected chi connectivity index (χ0v) is 12.9. The molecule has 0 fully saturated rings. The summed E-state index contributed by atoms with van der Waals surface area (Å²) in [6, 6.07) is 1.87. The van der Waals surface area contributed by atoms with Crippen LogP contribution in [0.1, 0.15) is 11.1 Å². The van der Waals surface area contributed by atoms with Gasteiger partial charge in [-0.3, -0.25) is 4.90 Å². The van der Waals surface area contributed by atoms with E-state index < -0.39 is 0 Å². The number of ether oxygens (including phenoxy) is 2. The SMILES string of the molecule is COc1cc(N)c2c(c1OC)CCN(CCN(C)C)C2. The summed E-state index contributed by atoms with van der Waals surface area (Å²) in [6.07, 6.45) is 0.952. The molecular weight excluding hydrogens is 254 g/mol. The topological polar surface area (TPSA) is 51.0 Å². The van der Waals surface area contributed by atoms with Gasteiger partial charge in [-0.25, -0.2) is 0 Å². The van der Waals surface area contributed by atoms with Crippen LogP contribution in [0.5, 0.6) is 11.5 Å². The Morgan fingerprint density at radius 2 is 2.00 bits per heavy atom. The summed E-state index contributed by atoms with van der Waals surface area (Å²) in [5, 5.41) is 0. The summed E-state index contributed by atoms with van der Waals surface area (Å²) in [5.74, 6) is 1.56. The molecule has 5 nitrogen and oxygen atoms in total. The molecule has 2 N–H and O–H groups in total. The lowest BCUT2D eigenvalue weighted by Gasteiger charge is -2.31. The first-order valence-electron chi connectivity index (χ1n) is 6.96. The third kappa shape index (κ3) is 2.99. The standard InChI is InChI=1S/C15H25N3O2/c1-17(2)7-8-18-6-5-11-12(10-18)13(16)9-14(19-3)15(11)20-4/h9H,5-8,10,16H2,1-4H3. The van der Waals surface area contributed by atoms with Crippen molar-refractivity contribution in [2.24, 2.45) is 0 Å². The first kappa shape index (κ1) is 14.9. The molecule has 1 heterocycles. The third-order valence-corrected chi connectivity index (χ3v) is 3.84. The van der Waals surface area contributed by atoms with Crippen molar-refractivity contribution >= 4 is 5.69 Å². The minimum absolute atomic E-state index is 0.727. The number of nitrogens with two attached hydrogens (primary N) is 1. The van der Waals surface area contributed by atoms with Gasteiger partial charge in [0.05, 0.1) is 14.2 Å². The quantitative estimate of drug-likeness (QED) is 0.821. The number of likely N-dealkylation sites (N-methyl/N-ethyl adjacent to an activating group) is 1. The summed E-state index contributed by atoms with van der Waals surface area (Å²) >= 11 is 0. The Bertz CT molecular complexity index is 475. The van der Waals surface area contributed by atoms with Crippen molar-refractivity contribution in [3.8, 4) is 11.5 Å². The molecule has 1 aromatic rings. The van der Waals surface area contributed by atoms with Crippen molar-refractivity contribution in [3.63, 3.8) is 0 Å². The molecule has 20 heavy (non-hydrogen) atoms. The predicted octanol–water partition coefficient (Wildman–Crippen LogP) is 1.21.